The molecule has 0 radical (unpaired) electrons. The molecule has 1 saturated carbocycles. The molecule has 1 heterocycles. The molecule has 4 heteroatoms. The molecule has 2 N–H and O–H groups in total. The highest BCUT2D eigenvalue weighted by Crippen LogP contribution is 2.24. The number of carbonyl (C=O) groups is 1. The van der Waals surface area contributed by atoms with Crippen molar-refractivity contribution in [3.8, 4) is 0 Å². The summed E-state index contributed by atoms with van der Waals surface area (Å²) in [5.74, 6) is 0.369. The fraction of sp³-hybridized carbons (Fsp3) is 0.583. The Morgan fingerprint density at radius 2 is 2.44 bits per heavy atom. The summed E-state index contributed by atoms with van der Waals surface area (Å²) >= 11 is 0. The number of aliphatic hydroxyl groups is 1. The van der Waals surface area contributed by atoms with E-state index in [4.69, 9.17) is 4.42 Å². The number of carbonyl (C=O) groups excluding carboxylic acids is 1. The Hall–Kier alpha value is -1.29. The van der Waals surface area contributed by atoms with Gasteiger partial charge < -0.3 is 14.8 Å². The normalized spacial score (nSPS) is 24.6. The van der Waals surface area contributed by atoms with Gasteiger partial charge in [0, 0.05) is 18.0 Å². The second kappa shape index (κ2) is 4.70. The molecule has 88 valence electrons. The van der Waals surface area contributed by atoms with Gasteiger partial charge in [0.05, 0.1) is 12.4 Å². The minimum atomic E-state index is -0.266. The Bertz CT molecular complexity index is 372. The molecule has 0 bridgehead atoms. The highest BCUT2D eigenvalue weighted by molar-refractivity contribution is 5.92. The van der Waals surface area contributed by atoms with E-state index in [2.05, 4.69) is 5.32 Å². The first-order chi connectivity index (χ1) is 7.68. The van der Waals surface area contributed by atoms with Gasteiger partial charge in [-0.2, -0.15) is 0 Å². The van der Waals surface area contributed by atoms with Gasteiger partial charge in [0.2, 0.25) is 0 Å². The average molecular weight is 223 g/mol. The maximum absolute atomic E-state index is 11.7. The first-order valence-corrected chi connectivity index (χ1v) is 5.69. The average Bonchev–Trinajstić information content (AvgIpc) is 2.84. The van der Waals surface area contributed by atoms with E-state index in [1.165, 1.54) is 6.26 Å². The molecule has 4 nitrogen and oxygen atoms in total. The van der Waals surface area contributed by atoms with E-state index in [1.807, 2.05) is 6.92 Å². The summed E-state index contributed by atoms with van der Waals surface area (Å²) < 4.78 is 5.09. The van der Waals surface area contributed by atoms with E-state index in [1.54, 1.807) is 6.07 Å². The maximum Gasteiger partial charge on any atom is 0.287 e. The van der Waals surface area contributed by atoms with Crippen molar-refractivity contribution in [3.05, 3.63) is 23.7 Å². The van der Waals surface area contributed by atoms with Crippen molar-refractivity contribution < 1.29 is 14.3 Å². The molecule has 1 aliphatic rings. The Kier molecular flexibility index (Phi) is 3.29. The van der Waals surface area contributed by atoms with Crippen LogP contribution in [-0.2, 0) is 0 Å². The molecule has 1 fully saturated rings. The van der Waals surface area contributed by atoms with Gasteiger partial charge in [0.15, 0.2) is 5.76 Å². The van der Waals surface area contributed by atoms with Gasteiger partial charge in [0.25, 0.3) is 5.91 Å². The molecule has 1 aliphatic carbocycles. The monoisotopic (exact) mass is 223 g/mol. The number of amides is 1. The predicted molar refractivity (Wildman–Crippen MR) is 59.1 cm³/mol. The Balaban J connectivity index is 1.86. The van der Waals surface area contributed by atoms with Crippen molar-refractivity contribution in [2.45, 2.75) is 32.3 Å². The van der Waals surface area contributed by atoms with Crippen molar-refractivity contribution in [1.82, 2.24) is 5.32 Å². The number of furan rings is 1. The van der Waals surface area contributed by atoms with E-state index >= 15 is 0 Å². The number of hydrogen-bond donors (Lipinski definition) is 2. The molecule has 2 atom stereocenters. The largest absolute Gasteiger partial charge is 0.459 e. The zero-order valence-electron chi connectivity index (χ0n) is 9.40. The van der Waals surface area contributed by atoms with Gasteiger partial charge >= 0.3 is 0 Å². The van der Waals surface area contributed by atoms with Gasteiger partial charge in [-0.25, -0.2) is 0 Å². The third-order valence-electron chi connectivity index (χ3n) is 3.21. The molecule has 2 rings (SSSR count). The molecule has 1 aromatic heterocycles. The van der Waals surface area contributed by atoms with Crippen LogP contribution in [-0.4, -0.2) is 23.7 Å². The van der Waals surface area contributed by atoms with Crippen LogP contribution in [0.1, 0.15) is 35.4 Å². The topological polar surface area (TPSA) is 62.5 Å². The van der Waals surface area contributed by atoms with Crippen molar-refractivity contribution in [2.24, 2.45) is 5.92 Å². The van der Waals surface area contributed by atoms with Crippen LogP contribution < -0.4 is 5.32 Å². The Morgan fingerprint density at radius 1 is 1.62 bits per heavy atom. The van der Waals surface area contributed by atoms with Crippen molar-refractivity contribution in [1.29, 1.82) is 0 Å². The molecule has 0 aliphatic heterocycles. The summed E-state index contributed by atoms with van der Waals surface area (Å²) in [6.45, 7) is 2.36. The van der Waals surface area contributed by atoms with Crippen LogP contribution in [0.4, 0.5) is 0 Å². The lowest BCUT2D eigenvalue weighted by atomic mass is 10.1. The number of nitrogens with one attached hydrogen (secondary N) is 1. The summed E-state index contributed by atoms with van der Waals surface area (Å²) in [4.78, 5) is 11.7. The van der Waals surface area contributed by atoms with Crippen LogP contribution in [0.2, 0.25) is 0 Å². The van der Waals surface area contributed by atoms with Gasteiger partial charge in [-0.15, -0.1) is 0 Å². The van der Waals surface area contributed by atoms with Gasteiger partial charge in [-0.05, 0) is 25.8 Å². The van der Waals surface area contributed by atoms with E-state index in [0.29, 0.717) is 12.3 Å². The third-order valence-corrected chi connectivity index (χ3v) is 3.21. The maximum atomic E-state index is 11.7. The fourth-order valence-electron chi connectivity index (χ4n) is 2.16. The summed E-state index contributed by atoms with van der Waals surface area (Å²) in [5, 5.41) is 12.4. The highest BCUT2D eigenvalue weighted by atomic mass is 16.3. The predicted octanol–water partition coefficient (Wildman–Crippen LogP) is 1.48. The zero-order chi connectivity index (χ0) is 11.5. The minimum Gasteiger partial charge on any atom is -0.459 e. The van der Waals surface area contributed by atoms with Crippen LogP contribution in [0, 0.1) is 12.8 Å². The van der Waals surface area contributed by atoms with Crippen molar-refractivity contribution in [2.75, 3.05) is 6.54 Å². The standard InChI is InChI=1S/C12H17NO3/c1-8-5-6-16-11(8)12(15)13-7-9-3-2-4-10(9)14/h5-6,9-10,14H,2-4,7H2,1H3,(H,13,15). The molecule has 2 unspecified atom stereocenters. The van der Waals surface area contributed by atoms with E-state index in [9.17, 15) is 9.90 Å². The number of aryl methyl sites for hydroxylation is 1. The lowest BCUT2D eigenvalue weighted by Crippen LogP contribution is -2.32. The zero-order valence-corrected chi connectivity index (χ0v) is 9.40. The minimum absolute atomic E-state index is 0.193. The third kappa shape index (κ3) is 2.27. The first-order valence-electron chi connectivity index (χ1n) is 5.69. The first kappa shape index (κ1) is 11.2. The molecule has 0 spiro atoms. The quantitative estimate of drug-likeness (QED) is 0.815. The lowest BCUT2D eigenvalue weighted by molar-refractivity contribution is 0.0889. The van der Waals surface area contributed by atoms with Crippen molar-refractivity contribution >= 4 is 5.91 Å². The second-order valence-electron chi connectivity index (χ2n) is 4.40. The van der Waals surface area contributed by atoms with Crippen LogP contribution in [0.25, 0.3) is 0 Å². The van der Waals surface area contributed by atoms with Gasteiger partial charge in [-0.3, -0.25) is 4.79 Å². The van der Waals surface area contributed by atoms with Gasteiger partial charge in [-0.1, -0.05) is 6.42 Å². The summed E-state index contributed by atoms with van der Waals surface area (Å²) in [7, 11) is 0. The van der Waals surface area contributed by atoms with E-state index in [0.717, 1.165) is 24.8 Å². The summed E-state index contributed by atoms with van der Waals surface area (Å²) in [6.07, 6.45) is 4.12. The molecule has 16 heavy (non-hydrogen) atoms. The lowest BCUT2D eigenvalue weighted by Gasteiger charge is -2.14. The molecule has 0 aromatic carbocycles. The van der Waals surface area contributed by atoms with E-state index < -0.39 is 0 Å². The summed E-state index contributed by atoms with van der Waals surface area (Å²) in [5.41, 5.74) is 0.837. The molecular weight excluding hydrogens is 206 g/mol. The van der Waals surface area contributed by atoms with Crippen LogP contribution in [0.5, 0.6) is 0 Å². The highest BCUT2D eigenvalue weighted by Gasteiger charge is 2.25. The van der Waals surface area contributed by atoms with Crippen LogP contribution >= 0.6 is 0 Å². The van der Waals surface area contributed by atoms with Crippen molar-refractivity contribution in [3.63, 3.8) is 0 Å². The number of rotatable bonds is 3. The molecular formula is C12H17NO3. The SMILES string of the molecule is Cc1ccoc1C(=O)NCC1CCCC1O. The Morgan fingerprint density at radius 3 is 3.00 bits per heavy atom. The molecule has 1 aromatic rings. The van der Waals surface area contributed by atoms with Crippen LogP contribution in [0.3, 0.4) is 0 Å². The second-order valence-corrected chi connectivity index (χ2v) is 4.40. The van der Waals surface area contributed by atoms with Gasteiger partial charge in [0.1, 0.15) is 0 Å². The Labute approximate surface area is 94.6 Å². The number of aliphatic hydroxyl groups excluding tert-OH is 1. The number of hydrogen-bond acceptors (Lipinski definition) is 3. The summed E-state index contributed by atoms with van der Waals surface area (Å²) in [6, 6.07) is 1.76. The molecule has 0 saturated heterocycles. The fourth-order valence-corrected chi connectivity index (χ4v) is 2.16. The molecule has 1 amide bonds. The van der Waals surface area contributed by atoms with E-state index in [-0.39, 0.29) is 17.9 Å². The smallest absolute Gasteiger partial charge is 0.287 e. The van der Waals surface area contributed by atoms with Crippen LogP contribution in [0.15, 0.2) is 16.7 Å².